The zero-order valence-electron chi connectivity index (χ0n) is 12.6. The maximum atomic E-state index is 13.2. The van der Waals surface area contributed by atoms with Crippen molar-refractivity contribution in [2.75, 3.05) is 7.05 Å². The van der Waals surface area contributed by atoms with Crippen molar-refractivity contribution in [1.29, 1.82) is 0 Å². The van der Waals surface area contributed by atoms with E-state index in [0.717, 1.165) is 12.1 Å². The molecular formula is C15H22F2N2O. The fraction of sp³-hybridized carbons (Fsp3) is 0.533. The molecule has 2 atom stereocenters. The molecule has 5 heteroatoms. The molecule has 0 aliphatic heterocycles. The third kappa shape index (κ3) is 3.92. The van der Waals surface area contributed by atoms with E-state index in [1.165, 1.54) is 11.0 Å². The molecule has 1 aromatic rings. The molecule has 0 saturated heterocycles. The lowest BCUT2D eigenvalue weighted by Gasteiger charge is -2.28. The van der Waals surface area contributed by atoms with Gasteiger partial charge in [-0.1, -0.05) is 19.9 Å². The highest BCUT2D eigenvalue weighted by molar-refractivity contribution is 5.74. The molecule has 0 fully saturated rings. The molecule has 1 aromatic carbocycles. The first kappa shape index (κ1) is 16.4. The predicted octanol–water partition coefficient (Wildman–Crippen LogP) is 3.71. The largest absolute Gasteiger partial charge is 0.335 e. The molecule has 3 nitrogen and oxygen atoms in total. The second-order valence-electron chi connectivity index (χ2n) is 5.44. The van der Waals surface area contributed by atoms with Crippen molar-refractivity contribution in [3.63, 3.8) is 0 Å². The highest BCUT2D eigenvalue weighted by atomic mass is 19.2. The minimum absolute atomic E-state index is 0.0436. The molecule has 112 valence electrons. The summed E-state index contributed by atoms with van der Waals surface area (Å²) in [5.74, 6) is -1.47. The average Bonchev–Trinajstić information content (AvgIpc) is 2.39. The molecule has 0 radical (unpaired) electrons. The van der Waals surface area contributed by atoms with Gasteiger partial charge in [-0.3, -0.25) is 0 Å². The highest BCUT2D eigenvalue weighted by Gasteiger charge is 2.20. The number of benzene rings is 1. The van der Waals surface area contributed by atoms with Gasteiger partial charge in [0, 0.05) is 13.1 Å². The normalized spacial score (nSPS) is 14.0. The monoisotopic (exact) mass is 284 g/mol. The SMILES string of the molecule is CC(C)C(C)NC(=O)N(C)C(C)c1ccc(F)c(F)c1. The molecule has 20 heavy (non-hydrogen) atoms. The van der Waals surface area contributed by atoms with Crippen LogP contribution >= 0.6 is 0 Å². The summed E-state index contributed by atoms with van der Waals surface area (Å²) in [6.07, 6.45) is 0. The van der Waals surface area contributed by atoms with E-state index in [9.17, 15) is 13.6 Å². The second-order valence-corrected chi connectivity index (χ2v) is 5.44. The molecule has 0 saturated carbocycles. The number of halogens is 2. The maximum Gasteiger partial charge on any atom is 0.317 e. The molecular weight excluding hydrogens is 262 g/mol. The molecule has 0 bridgehead atoms. The molecule has 0 heterocycles. The van der Waals surface area contributed by atoms with E-state index in [2.05, 4.69) is 5.32 Å². The van der Waals surface area contributed by atoms with Gasteiger partial charge in [0.25, 0.3) is 0 Å². The van der Waals surface area contributed by atoms with Gasteiger partial charge in [0.2, 0.25) is 0 Å². The van der Waals surface area contributed by atoms with Gasteiger partial charge in [-0.05, 0) is 37.5 Å². The number of nitrogens with zero attached hydrogens (tertiary/aromatic N) is 1. The van der Waals surface area contributed by atoms with E-state index in [-0.39, 0.29) is 18.1 Å². The molecule has 1 N–H and O–H groups in total. The first-order chi connectivity index (χ1) is 9.23. The number of nitrogens with one attached hydrogen (secondary N) is 1. The molecule has 0 spiro atoms. The van der Waals surface area contributed by atoms with Crippen LogP contribution in [0.3, 0.4) is 0 Å². The van der Waals surface area contributed by atoms with Gasteiger partial charge >= 0.3 is 6.03 Å². The molecule has 2 unspecified atom stereocenters. The van der Waals surface area contributed by atoms with Crippen molar-refractivity contribution in [1.82, 2.24) is 10.2 Å². The van der Waals surface area contributed by atoms with Crippen molar-refractivity contribution < 1.29 is 13.6 Å². The van der Waals surface area contributed by atoms with Gasteiger partial charge < -0.3 is 10.2 Å². The van der Waals surface area contributed by atoms with Gasteiger partial charge in [-0.25, -0.2) is 13.6 Å². The number of urea groups is 1. The first-order valence-electron chi connectivity index (χ1n) is 6.72. The number of carbonyl (C=O) groups is 1. The Morgan fingerprint density at radius 3 is 2.25 bits per heavy atom. The molecule has 0 aliphatic carbocycles. The van der Waals surface area contributed by atoms with Gasteiger partial charge in [0.1, 0.15) is 0 Å². The van der Waals surface area contributed by atoms with Crippen LogP contribution in [0, 0.1) is 17.6 Å². The van der Waals surface area contributed by atoms with E-state index in [4.69, 9.17) is 0 Å². The van der Waals surface area contributed by atoms with Crippen LogP contribution < -0.4 is 5.32 Å². The number of rotatable bonds is 4. The van der Waals surface area contributed by atoms with Crippen LogP contribution in [0.4, 0.5) is 13.6 Å². The Bertz CT molecular complexity index is 477. The zero-order valence-corrected chi connectivity index (χ0v) is 12.6. The quantitative estimate of drug-likeness (QED) is 0.898. The Morgan fingerprint density at radius 2 is 1.75 bits per heavy atom. The Balaban J connectivity index is 2.77. The summed E-state index contributed by atoms with van der Waals surface area (Å²) in [6, 6.07) is 3.15. The van der Waals surface area contributed by atoms with Crippen molar-refractivity contribution >= 4 is 6.03 Å². The summed E-state index contributed by atoms with van der Waals surface area (Å²) in [5.41, 5.74) is 0.554. The van der Waals surface area contributed by atoms with Crippen molar-refractivity contribution in [2.45, 2.75) is 39.8 Å². The van der Waals surface area contributed by atoms with Gasteiger partial charge in [0.15, 0.2) is 11.6 Å². The number of amides is 2. The van der Waals surface area contributed by atoms with Crippen molar-refractivity contribution in [2.24, 2.45) is 5.92 Å². The Labute approximate surface area is 119 Å². The van der Waals surface area contributed by atoms with Crippen LogP contribution in [0.25, 0.3) is 0 Å². The van der Waals surface area contributed by atoms with Gasteiger partial charge in [-0.2, -0.15) is 0 Å². The van der Waals surface area contributed by atoms with Gasteiger partial charge in [-0.15, -0.1) is 0 Å². The van der Waals surface area contributed by atoms with Gasteiger partial charge in [0.05, 0.1) is 6.04 Å². The van der Waals surface area contributed by atoms with E-state index in [1.807, 2.05) is 20.8 Å². The first-order valence-corrected chi connectivity index (χ1v) is 6.72. The Kier molecular flexibility index (Phi) is 5.48. The molecule has 0 aromatic heterocycles. The summed E-state index contributed by atoms with van der Waals surface area (Å²) in [6.45, 7) is 7.73. The second kappa shape index (κ2) is 6.68. The standard InChI is InChI=1S/C15H22F2N2O/c1-9(2)10(3)18-15(20)19(5)11(4)12-6-7-13(16)14(17)8-12/h6-11H,1-5H3,(H,18,20). The number of carbonyl (C=O) groups excluding carboxylic acids is 1. The van der Waals surface area contributed by atoms with Crippen LogP contribution in [0.2, 0.25) is 0 Å². The van der Waals surface area contributed by atoms with E-state index >= 15 is 0 Å². The average molecular weight is 284 g/mol. The summed E-state index contributed by atoms with van der Waals surface area (Å²) in [7, 11) is 1.63. The fourth-order valence-corrected chi connectivity index (χ4v) is 1.63. The fourth-order valence-electron chi connectivity index (χ4n) is 1.63. The van der Waals surface area contributed by atoms with Crippen molar-refractivity contribution in [3.05, 3.63) is 35.4 Å². The van der Waals surface area contributed by atoms with Crippen LogP contribution in [0.15, 0.2) is 18.2 Å². The lowest BCUT2D eigenvalue weighted by Crippen LogP contribution is -2.44. The zero-order chi connectivity index (χ0) is 15.4. The van der Waals surface area contributed by atoms with Crippen LogP contribution in [-0.4, -0.2) is 24.0 Å². The van der Waals surface area contributed by atoms with Crippen LogP contribution in [0.1, 0.15) is 39.3 Å². The Morgan fingerprint density at radius 1 is 1.15 bits per heavy atom. The number of hydrogen-bond acceptors (Lipinski definition) is 1. The summed E-state index contributed by atoms with van der Waals surface area (Å²) in [4.78, 5) is 13.5. The lowest BCUT2D eigenvalue weighted by atomic mass is 10.1. The van der Waals surface area contributed by atoms with Crippen molar-refractivity contribution in [3.8, 4) is 0 Å². The number of hydrogen-bond donors (Lipinski definition) is 1. The summed E-state index contributed by atoms with van der Waals surface area (Å²) in [5, 5.41) is 2.87. The lowest BCUT2D eigenvalue weighted by molar-refractivity contribution is 0.188. The Hall–Kier alpha value is -1.65. The molecule has 2 amide bonds. The van der Waals surface area contributed by atoms with E-state index in [0.29, 0.717) is 11.5 Å². The topological polar surface area (TPSA) is 32.3 Å². The highest BCUT2D eigenvalue weighted by Crippen LogP contribution is 2.21. The summed E-state index contributed by atoms with van der Waals surface area (Å²) >= 11 is 0. The third-order valence-electron chi connectivity index (χ3n) is 3.68. The minimum Gasteiger partial charge on any atom is -0.335 e. The van der Waals surface area contributed by atoms with Crippen LogP contribution in [0.5, 0.6) is 0 Å². The predicted molar refractivity (Wildman–Crippen MR) is 75.4 cm³/mol. The summed E-state index contributed by atoms with van der Waals surface area (Å²) < 4.78 is 26.1. The van der Waals surface area contributed by atoms with Crippen LogP contribution in [-0.2, 0) is 0 Å². The minimum atomic E-state index is -0.904. The maximum absolute atomic E-state index is 13.2. The third-order valence-corrected chi connectivity index (χ3v) is 3.68. The molecule has 1 rings (SSSR count). The molecule has 0 aliphatic rings. The smallest absolute Gasteiger partial charge is 0.317 e. The van der Waals surface area contributed by atoms with E-state index in [1.54, 1.807) is 14.0 Å². The van der Waals surface area contributed by atoms with E-state index < -0.39 is 11.6 Å².